The fraction of sp³-hybridized carbons (Fsp3) is 0.476. The second-order valence-corrected chi connectivity index (χ2v) is 9.71. The predicted molar refractivity (Wildman–Crippen MR) is 114 cm³/mol. The van der Waals surface area contributed by atoms with Crippen molar-refractivity contribution in [1.82, 2.24) is 19.2 Å². The van der Waals surface area contributed by atoms with Crippen LogP contribution in [0.2, 0.25) is 0 Å². The lowest BCUT2D eigenvalue weighted by Gasteiger charge is -2.35. The van der Waals surface area contributed by atoms with Crippen molar-refractivity contribution in [2.24, 2.45) is 0 Å². The van der Waals surface area contributed by atoms with Crippen molar-refractivity contribution < 1.29 is 13.2 Å². The van der Waals surface area contributed by atoms with Crippen LogP contribution in [0.4, 0.5) is 5.95 Å². The molecule has 1 atom stereocenters. The molecule has 1 aromatic carbocycles. The van der Waals surface area contributed by atoms with Crippen molar-refractivity contribution in [3.05, 3.63) is 48.3 Å². The molecule has 9 heteroatoms. The van der Waals surface area contributed by atoms with E-state index in [4.69, 9.17) is 0 Å². The van der Waals surface area contributed by atoms with Gasteiger partial charge in [-0.2, -0.15) is 4.31 Å². The maximum atomic E-state index is 13.1. The fourth-order valence-corrected chi connectivity index (χ4v) is 5.85. The molecule has 4 rings (SSSR count). The number of benzene rings is 1. The molecule has 2 fully saturated rings. The van der Waals surface area contributed by atoms with Crippen molar-refractivity contribution in [3.8, 4) is 0 Å². The Morgan fingerprint density at radius 1 is 1.00 bits per heavy atom. The lowest BCUT2D eigenvalue weighted by molar-refractivity contribution is 0.0746. The summed E-state index contributed by atoms with van der Waals surface area (Å²) in [5.41, 5.74) is 0.408. The molecule has 1 aromatic heterocycles. The number of amides is 1. The van der Waals surface area contributed by atoms with Gasteiger partial charge in [-0.05, 0) is 44.0 Å². The number of aromatic nitrogens is 2. The molecule has 2 aliphatic rings. The number of piperidine rings is 1. The first kappa shape index (κ1) is 20.7. The summed E-state index contributed by atoms with van der Waals surface area (Å²) in [5, 5.41) is 0. The normalized spacial score (nSPS) is 20.9. The summed E-state index contributed by atoms with van der Waals surface area (Å²) in [6.45, 7) is 4.83. The second kappa shape index (κ2) is 8.69. The van der Waals surface area contributed by atoms with Crippen LogP contribution in [0.5, 0.6) is 0 Å². The number of sulfonamides is 1. The van der Waals surface area contributed by atoms with Gasteiger partial charge in [0.1, 0.15) is 0 Å². The third-order valence-electron chi connectivity index (χ3n) is 5.83. The molecule has 2 saturated heterocycles. The van der Waals surface area contributed by atoms with Crippen LogP contribution >= 0.6 is 0 Å². The highest BCUT2D eigenvalue weighted by Gasteiger charge is 2.32. The average molecular weight is 430 g/mol. The second-order valence-electron chi connectivity index (χ2n) is 7.82. The van der Waals surface area contributed by atoms with Gasteiger partial charge in [0.2, 0.25) is 16.0 Å². The van der Waals surface area contributed by atoms with E-state index in [-0.39, 0.29) is 16.8 Å². The van der Waals surface area contributed by atoms with Crippen LogP contribution in [0.3, 0.4) is 0 Å². The molecule has 8 nitrogen and oxygen atoms in total. The van der Waals surface area contributed by atoms with E-state index < -0.39 is 10.0 Å². The average Bonchev–Trinajstić information content (AvgIpc) is 2.79. The van der Waals surface area contributed by atoms with Crippen LogP contribution in [-0.4, -0.2) is 72.3 Å². The smallest absolute Gasteiger partial charge is 0.254 e. The summed E-state index contributed by atoms with van der Waals surface area (Å²) in [7, 11) is -3.60. The molecule has 0 spiro atoms. The molecule has 160 valence electrons. The first-order valence-corrected chi connectivity index (χ1v) is 11.8. The molecule has 2 aromatic rings. The minimum absolute atomic E-state index is 0.0172. The Morgan fingerprint density at radius 2 is 1.73 bits per heavy atom. The molecular formula is C21H27N5O3S. The highest BCUT2D eigenvalue weighted by molar-refractivity contribution is 7.89. The van der Waals surface area contributed by atoms with Crippen molar-refractivity contribution in [3.63, 3.8) is 0 Å². The highest BCUT2D eigenvalue weighted by atomic mass is 32.2. The van der Waals surface area contributed by atoms with E-state index in [1.54, 1.807) is 45.9 Å². The summed E-state index contributed by atoms with van der Waals surface area (Å²) in [4.78, 5) is 25.5. The van der Waals surface area contributed by atoms with Crippen LogP contribution in [0, 0.1) is 0 Å². The standard InChI is InChI=1S/C21H27N5O3S/c1-17-6-2-3-11-26(17)30(28,29)19-8-4-7-18(16-19)20(27)24-12-14-25(15-13-24)21-22-9-5-10-23-21/h4-5,7-10,16-17H,2-3,6,11-15H2,1H3. The maximum absolute atomic E-state index is 13.1. The number of hydrogen-bond donors (Lipinski definition) is 0. The zero-order chi connectivity index (χ0) is 21.1. The Balaban J connectivity index is 1.47. The quantitative estimate of drug-likeness (QED) is 0.739. The zero-order valence-electron chi connectivity index (χ0n) is 17.1. The van der Waals surface area contributed by atoms with E-state index >= 15 is 0 Å². The monoisotopic (exact) mass is 429 g/mol. The SMILES string of the molecule is CC1CCCCN1S(=O)(=O)c1cccc(C(=O)N2CCN(c3ncccn3)CC2)c1. The van der Waals surface area contributed by atoms with Gasteiger partial charge in [-0.1, -0.05) is 12.5 Å². The number of hydrogen-bond acceptors (Lipinski definition) is 6. The third-order valence-corrected chi connectivity index (χ3v) is 7.84. The summed E-state index contributed by atoms with van der Waals surface area (Å²) in [6.07, 6.45) is 6.19. The summed E-state index contributed by atoms with van der Waals surface area (Å²) in [6, 6.07) is 8.20. The van der Waals surface area contributed by atoms with Gasteiger partial charge in [-0.3, -0.25) is 4.79 Å². The minimum atomic E-state index is -3.60. The lowest BCUT2D eigenvalue weighted by atomic mass is 10.1. The molecule has 2 aliphatic heterocycles. The van der Waals surface area contributed by atoms with Crippen LogP contribution in [0.1, 0.15) is 36.5 Å². The Kier molecular flexibility index (Phi) is 6.01. The summed E-state index contributed by atoms with van der Waals surface area (Å²) < 4.78 is 27.8. The van der Waals surface area contributed by atoms with Crippen LogP contribution < -0.4 is 4.90 Å². The molecule has 0 bridgehead atoms. The van der Waals surface area contributed by atoms with Crippen molar-refractivity contribution in [2.45, 2.75) is 37.1 Å². The van der Waals surface area contributed by atoms with Gasteiger partial charge in [-0.15, -0.1) is 0 Å². The van der Waals surface area contributed by atoms with Crippen LogP contribution in [0.25, 0.3) is 0 Å². The Bertz CT molecular complexity index is 991. The van der Waals surface area contributed by atoms with Gasteiger partial charge in [0, 0.05) is 56.7 Å². The zero-order valence-corrected chi connectivity index (χ0v) is 18.0. The number of nitrogens with zero attached hydrogens (tertiary/aromatic N) is 5. The van der Waals surface area contributed by atoms with E-state index in [0.717, 1.165) is 19.3 Å². The van der Waals surface area contributed by atoms with E-state index in [0.29, 0.717) is 44.2 Å². The van der Waals surface area contributed by atoms with E-state index in [2.05, 4.69) is 9.97 Å². The molecule has 0 saturated carbocycles. The largest absolute Gasteiger partial charge is 0.337 e. The number of carbonyl (C=O) groups excluding carboxylic acids is 1. The van der Waals surface area contributed by atoms with Crippen molar-refractivity contribution >= 4 is 21.9 Å². The lowest BCUT2D eigenvalue weighted by Crippen LogP contribution is -2.49. The molecule has 0 N–H and O–H groups in total. The number of piperazine rings is 1. The van der Waals surface area contributed by atoms with E-state index in [9.17, 15) is 13.2 Å². The molecule has 30 heavy (non-hydrogen) atoms. The topological polar surface area (TPSA) is 86.7 Å². The molecule has 0 aliphatic carbocycles. The first-order chi connectivity index (χ1) is 14.5. The van der Waals surface area contributed by atoms with Gasteiger partial charge in [-0.25, -0.2) is 18.4 Å². The molecule has 0 radical (unpaired) electrons. The summed E-state index contributed by atoms with van der Waals surface area (Å²) in [5.74, 6) is 0.515. The third kappa shape index (κ3) is 4.17. The van der Waals surface area contributed by atoms with E-state index in [1.807, 2.05) is 11.8 Å². The van der Waals surface area contributed by atoms with E-state index in [1.165, 1.54) is 6.07 Å². The predicted octanol–water partition coefficient (Wildman–Crippen LogP) is 2.00. The summed E-state index contributed by atoms with van der Waals surface area (Å²) >= 11 is 0. The van der Waals surface area contributed by atoms with Gasteiger partial charge >= 0.3 is 0 Å². The number of anilines is 1. The van der Waals surface area contributed by atoms with Crippen molar-refractivity contribution in [2.75, 3.05) is 37.6 Å². The number of carbonyl (C=O) groups is 1. The van der Waals surface area contributed by atoms with Crippen LogP contribution in [0.15, 0.2) is 47.6 Å². The van der Waals surface area contributed by atoms with Gasteiger partial charge in [0.25, 0.3) is 5.91 Å². The first-order valence-electron chi connectivity index (χ1n) is 10.4. The molecule has 3 heterocycles. The maximum Gasteiger partial charge on any atom is 0.254 e. The van der Waals surface area contributed by atoms with Crippen molar-refractivity contribution in [1.29, 1.82) is 0 Å². The molecule has 1 amide bonds. The Hall–Kier alpha value is -2.52. The number of rotatable bonds is 4. The Morgan fingerprint density at radius 3 is 2.43 bits per heavy atom. The Labute approximate surface area is 177 Å². The highest BCUT2D eigenvalue weighted by Crippen LogP contribution is 2.26. The van der Waals surface area contributed by atoms with Gasteiger partial charge in [0.05, 0.1) is 4.90 Å². The van der Waals surface area contributed by atoms with Gasteiger partial charge in [0.15, 0.2) is 0 Å². The fourth-order valence-electron chi connectivity index (χ4n) is 4.10. The molecular weight excluding hydrogens is 402 g/mol. The minimum Gasteiger partial charge on any atom is -0.337 e. The van der Waals surface area contributed by atoms with Crippen LogP contribution in [-0.2, 0) is 10.0 Å². The molecule has 1 unspecified atom stereocenters. The van der Waals surface area contributed by atoms with Gasteiger partial charge < -0.3 is 9.80 Å².